The van der Waals surface area contributed by atoms with Crippen LogP contribution in [0.25, 0.3) is 11.3 Å². The predicted molar refractivity (Wildman–Crippen MR) is 71.6 cm³/mol. The van der Waals surface area contributed by atoms with E-state index < -0.39 is 5.91 Å². The van der Waals surface area contributed by atoms with Crippen molar-refractivity contribution in [2.45, 2.75) is 20.0 Å². The quantitative estimate of drug-likeness (QED) is 0.502. The number of rotatable bonds is 4. The SMILES string of the molecule is CC(C)Oc1ccc(-c2ccc(C(=O)NN)o2)cc1. The van der Waals surface area contributed by atoms with Crippen molar-refractivity contribution in [3.63, 3.8) is 0 Å². The van der Waals surface area contributed by atoms with Crippen LogP contribution in [0.5, 0.6) is 5.75 Å². The number of carbonyl (C=O) groups is 1. The van der Waals surface area contributed by atoms with Gasteiger partial charge in [-0.3, -0.25) is 10.2 Å². The Labute approximate surface area is 111 Å². The van der Waals surface area contributed by atoms with Gasteiger partial charge in [-0.05, 0) is 50.2 Å². The monoisotopic (exact) mass is 260 g/mol. The number of nitrogen functional groups attached to an aromatic ring is 1. The van der Waals surface area contributed by atoms with E-state index in [0.29, 0.717) is 5.76 Å². The second-order valence-electron chi connectivity index (χ2n) is 4.33. The van der Waals surface area contributed by atoms with Gasteiger partial charge in [0, 0.05) is 5.56 Å². The van der Waals surface area contributed by atoms with E-state index in [9.17, 15) is 4.79 Å². The van der Waals surface area contributed by atoms with Gasteiger partial charge >= 0.3 is 5.91 Å². The smallest absolute Gasteiger partial charge is 0.300 e. The Bertz CT molecular complexity index is 558. The molecule has 1 aromatic heterocycles. The van der Waals surface area contributed by atoms with Gasteiger partial charge in [0.15, 0.2) is 5.76 Å². The van der Waals surface area contributed by atoms with E-state index in [2.05, 4.69) is 0 Å². The third kappa shape index (κ3) is 3.14. The summed E-state index contributed by atoms with van der Waals surface area (Å²) in [6, 6.07) is 10.8. The van der Waals surface area contributed by atoms with Crippen molar-refractivity contribution in [2.75, 3.05) is 0 Å². The van der Waals surface area contributed by atoms with Crippen molar-refractivity contribution >= 4 is 5.91 Å². The number of nitrogens with one attached hydrogen (secondary N) is 1. The predicted octanol–water partition coefficient (Wildman–Crippen LogP) is 2.34. The van der Waals surface area contributed by atoms with Crippen LogP contribution in [0.1, 0.15) is 24.4 Å². The van der Waals surface area contributed by atoms with Crippen LogP contribution >= 0.6 is 0 Å². The van der Waals surface area contributed by atoms with Crippen LogP contribution in [0.2, 0.25) is 0 Å². The van der Waals surface area contributed by atoms with Crippen molar-refractivity contribution < 1.29 is 13.9 Å². The maximum absolute atomic E-state index is 11.3. The highest BCUT2D eigenvalue weighted by Crippen LogP contribution is 2.24. The lowest BCUT2D eigenvalue weighted by atomic mass is 10.2. The molecule has 0 fully saturated rings. The molecule has 1 heterocycles. The number of furan rings is 1. The molecule has 0 radical (unpaired) electrons. The molecular weight excluding hydrogens is 244 g/mol. The number of hydrogen-bond acceptors (Lipinski definition) is 4. The van der Waals surface area contributed by atoms with Crippen LogP contribution in [0, 0.1) is 0 Å². The first kappa shape index (κ1) is 13.2. The Morgan fingerprint density at radius 1 is 1.21 bits per heavy atom. The van der Waals surface area contributed by atoms with Crippen LogP contribution in [0.15, 0.2) is 40.8 Å². The molecule has 2 aromatic rings. The second kappa shape index (κ2) is 5.58. The summed E-state index contributed by atoms with van der Waals surface area (Å²) < 4.78 is 11.0. The standard InChI is InChI=1S/C14H16N2O3/c1-9(2)18-11-5-3-10(4-6-11)12-7-8-13(19-12)14(17)16-15/h3-9H,15H2,1-2H3,(H,16,17). The number of amides is 1. The molecule has 100 valence electrons. The molecule has 0 saturated carbocycles. The van der Waals surface area contributed by atoms with Crippen LogP contribution in [-0.4, -0.2) is 12.0 Å². The van der Waals surface area contributed by atoms with Crippen LogP contribution in [0.3, 0.4) is 0 Å². The Kier molecular flexibility index (Phi) is 3.87. The molecule has 0 atom stereocenters. The maximum Gasteiger partial charge on any atom is 0.300 e. The molecule has 19 heavy (non-hydrogen) atoms. The Balaban J connectivity index is 2.18. The van der Waals surface area contributed by atoms with Gasteiger partial charge in [-0.1, -0.05) is 0 Å². The molecular formula is C14H16N2O3. The van der Waals surface area contributed by atoms with Gasteiger partial charge in [-0.25, -0.2) is 5.84 Å². The third-order valence-electron chi connectivity index (χ3n) is 2.47. The minimum atomic E-state index is -0.453. The molecule has 0 aliphatic heterocycles. The van der Waals surface area contributed by atoms with Crippen LogP contribution in [0.4, 0.5) is 0 Å². The maximum atomic E-state index is 11.3. The van der Waals surface area contributed by atoms with Gasteiger partial charge in [-0.2, -0.15) is 0 Å². The van der Waals surface area contributed by atoms with E-state index in [0.717, 1.165) is 11.3 Å². The molecule has 2 rings (SSSR count). The fourth-order valence-corrected chi connectivity index (χ4v) is 1.66. The summed E-state index contributed by atoms with van der Waals surface area (Å²) in [6.45, 7) is 3.94. The first-order valence-corrected chi connectivity index (χ1v) is 5.98. The molecule has 5 nitrogen and oxygen atoms in total. The molecule has 3 N–H and O–H groups in total. The van der Waals surface area contributed by atoms with Gasteiger partial charge < -0.3 is 9.15 Å². The van der Waals surface area contributed by atoms with Crippen molar-refractivity contribution in [1.82, 2.24) is 5.43 Å². The summed E-state index contributed by atoms with van der Waals surface area (Å²) in [5, 5.41) is 0. The minimum absolute atomic E-state index is 0.134. The molecule has 0 bridgehead atoms. The Hall–Kier alpha value is -2.27. The first-order valence-electron chi connectivity index (χ1n) is 5.98. The number of carbonyl (C=O) groups excluding carboxylic acids is 1. The van der Waals surface area contributed by atoms with E-state index in [1.165, 1.54) is 0 Å². The van der Waals surface area contributed by atoms with E-state index in [4.69, 9.17) is 15.0 Å². The molecule has 0 saturated heterocycles. The average molecular weight is 260 g/mol. The molecule has 5 heteroatoms. The third-order valence-corrected chi connectivity index (χ3v) is 2.47. The van der Waals surface area contributed by atoms with Gasteiger partial charge in [0.05, 0.1) is 6.10 Å². The number of nitrogens with two attached hydrogens (primary N) is 1. The molecule has 0 unspecified atom stereocenters. The second-order valence-corrected chi connectivity index (χ2v) is 4.33. The molecule has 0 aliphatic carbocycles. The summed E-state index contributed by atoms with van der Waals surface area (Å²) in [5.74, 6) is 6.17. The Morgan fingerprint density at radius 3 is 2.47 bits per heavy atom. The van der Waals surface area contributed by atoms with Crippen LogP contribution < -0.4 is 16.0 Å². The van der Waals surface area contributed by atoms with E-state index in [1.54, 1.807) is 12.1 Å². The highest BCUT2D eigenvalue weighted by molar-refractivity contribution is 5.91. The fraction of sp³-hybridized carbons (Fsp3) is 0.214. The summed E-state index contributed by atoms with van der Waals surface area (Å²) in [7, 11) is 0. The lowest BCUT2D eigenvalue weighted by molar-refractivity contribution is 0.0927. The van der Waals surface area contributed by atoms with Gasteiger partial charge in [0.1, 0.15) is 11.5 Å². The highest BCUT2D eigenvalue weighted by Gasteiger charge is 2.10. The van der Waals surface area contributed by atoms with Crippen molar-refractivity contribution in [3.8, 4) is 17.1 Å². The molecule has 1 aromatic carbocycles. The number of hydrogen-bond donors (Lipinski definition) is 2. The number of benzene rings is 1. The summed E-state index contributed by atoms with van der Waals surface area (Å²) in [4.78, 5) is 11.3. The lowest BCUT2D eigenvalue weighted by Crippen LogP contribution is -2.29. The van der Waals surface area contributed by atoms with Crippen molar-refractivity contribution in [1.29, 1.82) is 0 Å². The number of ether oxygens (including phenoxy) is 1. The molecule has 0 spiro atoms. The van der Waals surface area contributed by atoms with E-state index in [-0.39, 0.29) is 11.9 Å². The normalized spacial score (nSPS) is 10.5. The molecule has 0 aliphatic rings. The van der Waals surface area contributed by atoms with Crippen molar-refractivity contribution in [2.24, 2.45) is 5.84 Å². The fourth-order valence-electron chi connectivity index (χ4n) is 1.66. The zero-order chi connectivity index (χ0) is 13.8. The highest BCUT2D eigenvalue weighted by atomic mass is 16.5. The van der Waals surface area contributed by atoms with E-state index >= 15 is 0 Å². The minimum Gasteiger partial charge on any atom is -0.491 e. The summed E-state index contributed by atoms with van der Waals surface area (Å²) in [6.07, 6.45) is 0.134. The summed E-state index contributed by atoms with van der Waals surface area (Å²) >= 11 is 0. The Morgan fingerprint density at radius 2 is 1.89 bits per heavy atom. The molecule has 1 amide bonds. The van der Waals surface area contributed by atoms with Crippen LogP contribution in [-0.2, 0) is 0 Å². The topological polar surface area (TPSA) is 77.5 Å². The zero-order valence-electron chi connectivity index (χ0n) is 10.8. The first-order chi connectivity index (χ1) is 9.10. The lowest BCUT2D eigenvalue weighted by Gasteiger charge is -2.09. The van der Waals surface area contributed by atoms with Gasteiger partial charge in [-0.15, -0.1) is 0 Å². The zero-order valence-corrected chi connectivity index (χ0v) is 10.8. The van der Waals surface area contributed by atoms with E-state index in [1.807, 2.05) is 43.5 Å². The number of hydrazine groups is 1. The largest absolute Gasteiger partial charge is 0.491 e. The van der Waals surface area contributed by atoms with Gasteiger partial charge in [0.2, 0.25) is 0 Å². The average Bonchev–Trinajstić information content (AvgIpc) is 2.87. The van der Waals surface area contributed by atoms with Crippen molar-refractivity contribution in [3.05, 3.63) is 42.2 Å². The van der Waals surface area contributed by atoms with Gasteiger partial charge in [0.25, 0.3) is 0 Å². The summed E-state index contributed by atoms with van der Waals surface area (Å²) in [5.41, 5.74) is 2.89.